The van der Waals surface area contributed by atoms with Crippen LogP contribution < -0.4 is 5.32 Å². The van der Waals surface area contributed by atoms with E-state index in [1.807, 2.05) is 6.92 Å². The zero-order valence-corrected chi connectivity index (χ0v) is 11.9. The highest BCUT2D eigenvalue weighted by Crippen LogP contribution is 2.31. The number of nitrogens with one attached hydrogen (secondary N) is 1. The van der Waals surface area contributed by atoms with Crippen molar-refractivity contribution in [3.05, 3.63) is 56.5 Å². The van der Waals surface area contributed by atoms with Crippen LogP contribution in [-0.2, 0) is 0 Å². The lowest BCUT2D eigenvalue weighted by atomic mass is 10.0. The summed E-state index contributed by atoms with van der Waals surface area (Å²) in [7, 11) is 0. The summed E-state index contributed by atoms with van der Waals surface area (Å²) in [5, 5.41) is 5.96. The van der Waals surface area contributed by atoms with Crippen molar-refractivity contribution in [2.24, 2.45) is 0 Å². The molecule has 1 unspecified atom stereocenters. The summed E-state index contributed by atoms with van der Waals surface area (Å²) < 4.78 is 13.1. The summed E-state index contributed by atoms with van der Waals surface area (Å²) in [4.78, 5) is 1.26. The van der Waals surface area contributed by atoms with Crippen molar-refractivity contribution in [1.29, 1.82) is 0 Å². The van der Waals surface area contributed by atoms with Crippen LogP contribution in [0.5, 0.6) is 0 Å². The van der Waals surface area contributed by atoms with Crippen LogP contribution in [0.15, 0.2) is 29.6 Å². The molecule has 0 saturated heterocycles. The first-order chi connectivity index (χ1) is 8.61. The summed E-state index contributed by atoms with van der Waals surface area (Å²) in [6, 6.07) is 6.72. The molecule has 96 valence electrons. The maximum Gasteiger partial charge on any atom is 0.124 e. The summed E-state index contributed by atoms with van der Waals surface area (Å²) in [6.07, 6.45) is 0. The Kier molecular flexibility index (Phi) is 4.38. The molecule has 1 heterocycles. The van der Waals surface area contributed by atoms with Crippen LogP contribution in [0, 0.1) is 12.7 Å². The van der Waals surface area contributed by atoms with Gasteiger partial charge in [0.25, 0.3) is 0 Å². The lowest BCUT2D eigenvalue weighted by molar-refractivity contribution is 0.614. The summed E-state index contributed by atoms with van der Waals surface area (Å²) in [5.74, 6) is -0.305. The lowest BCUT2D eigenvalue weighted by Crippen LogP contribution is -2.21. The van der Waals surface area contributed by atoms with E-state index in [0.717, 1.165) is 12.1 Å². The van der Waals surface area contributed by atoms with Crippen LogP contribution in [0.2, 0.25) is 5.02 Å². The third-order valence-corrected chi connectivity index (χ3v) is 3.97. The number of hydrogen-bond donors (Lipinski definition) is 1. The van der Waals surface area contributed by atoms with Crippen molar-refractivity contribution in [2.45, 2.75) is 19.9 Å². The van der Waals surface area contributed by atoms with Gasteiger partial charge in [-0.1, -0.05) is 24.6 Å². The van der Waals surface area contributed by atoms with Crippen molar-refractivity contribution >= 4 is 22.9 Å². The molecular weight excluding hydrogens is 269 g/mol. The molecule has 1 aromatic heterocycles. The van der Waals surface area contributed by atoms with Crippen LogP contribution >= 0.6 is 22.9 Å². The van der Waals surface area contributed by atoms with Gasteiger partial charge in [0.2, 0.25) is 0 Å². The predicted octanol–water partition coefficient (Wildman–Crippen LogP) is 4.55. The Labute approximate surface area is 116 Å². The molecule has 0 amide bonds. The SMILES string of the molecule is CCNC(c1csc(C)c1)c1ccc(F)cc1Cl. The Balaban J connectivity index is 2.41. The molecule has 0 aliphatic heterocycles. The monoisotopic (exact) mass is 283 g/mol. The number of hydrogen-bond acceptors (Lipinski definition) is 2. The van der Waals surface area contributed by atoms with Crippen molar-refractivity contribution in [2.75, 3.05) is 6.54 Å². The Hall–Kier alpha value is -0.900. The van der Waals surface area contributed by atoms with E-state index in [0.29, 0.717) is 5.02 Å². The zero-order valence-electron chi connectivity index (χ0n) is 10.3. The quantitative estimate of drug-likeness (QED) is 0.868. The first kappa shape index (κ1) is 13.5. The molecular formula is C14H15ClFNS. The largest absolute Gasteiger partial charge is 0.306 e. The molecule has 0 bridgehead atoms. The van der Waals surface area contributed by atoms with Gasteiger partial charge in [-0.15, -0.1) is 11.3 Å². The van der Waals surface area contributed by atoms with E-state index in [4.69, 9.17) is 11.6 Å². The van der Waals surface area contributed by atoms with Crippen LogP contribution in [-0.4, -0.2) is 6.54 Å². The van der Waals surface area contributed by atoms with Gasteiger partial charge in [-0.2, -0.15) is 0 Å². The number of halogens is 2. The fraction of sp³-hybridized carbons (Fsp3) is 0.286. The van der Waals surface area contributed by atoms with Gasteiger partial charge in [0.15, 0.2) is 0 Å². The smallest absolute Gasteiger partial charge is 0.124 e. The lowest BCUT2D eigenvalue weighted by Gasteiger charge is -2.18. The van der Waals surface area contributed by atoms with E-state index in [-0.39, 0.29) is 11.9 Å². The molecule has 4 heteroatoms. The van der Waals surface area contributed by atoms with Crippen LogP contribution in [0.4, 0.5) is 4.39 Å². The molecule has 0 fully saturated rings. The van der Waals surface area contributed by atoms with Crippen molar-refractivity contribution < 1.29 is 4.39 Å². The Bertz CT molecular complexity index is 538. The van der Waals surface area contributed by atoms with Gasteiger partial charge in [0, 0.05) is 9.90 Å². The van der Waals surface area contributed by atoms with Gasteiger partial charge in [0.05, 0.1) is 6.04 Å². The third kappa shape index (κ3) is 2.91. The fourth-order valence-electron chi connectivity index (χ4n) is 1.96. The first-order valence-corrected chi connectivity index (χ1v) is 7.11. The zero-order chi connectivity index (χ0) is 13.1. The minimum Gasteiger partial charge on any atom is -0.306 e. The molecule has 0 radical (unpaired) electrons. The normalized spacial score (nSPS) is 12.7. The van der Waals surface area contributed by atoms with Crippen molar-refractivity contribution in [1.82, 2.24) is 5.32 Å². The van der Waals surface area contributed by atoms with E-state index >= 15 is 0 Å². The third-order valence-electron chi connectivity index (χ3n) is 2.77. The number of thiophene rings is 1. The van der Waals surface area contributed by atoms with E-state index in [1.54, 1.807) is 17.4 Å². The van der Waals surface area contributed by atoms with Crippen LogP contribution in [0.25, 0.3) is 0 Å². The molecule has 0 spiro atoms. The van der Waals surface area contributed by atoms with Gasteiger partial charge >= 0.3 is 0 Å². The number of rotatable bonds is 4. The van der Waals surface area contributed by atoms with E-state index in [2.05, 4.69) is 23.7 Å². The van der Waals surface area contributed by atoms with Gasteiger partial charge in [-0.25, -0.2) is 4.39 Å². The van der Waals surface area contributed by atoms with Crippen molar-refractivity contribution in [3.8, 4) is 0 Å². The highest BCUT2D eigenvalue weighted by Gasteiger charge is 2.17. The topological polar surface area (TPSA) is 12.0 Å². The average molecular weight is 284 g/mol. The Morgan fingerprint density at radius 3 is 2.72 bits per heavy atom. The van der Waals surface area contributed by atoms with Crippen LogP contribution in [0.3, 0.4) is 0 Å². The number of benzene rings is 1. The van der Waals surface area contributed by atoms with Gasteiger partial charge < -0.3 is 5.32 Å². The molecule has 2 rings (SSSR count). The van der Waals surface area contributed by atoms with E-state index in [1.165, 1.54) is 22.6 Å². The Morgan fingerprint density at radius 1 is 1.39 bits per heavy atom. The van der Waals surface area contributed by atoms with E-state index < -0.39 is 0 Å². The first-order valence-electron chi connectivity index (χ1n) is 5.85. The standard InChI is InChI=1S/C14H15ClFNS/c1-3-17-14(10-6-9(2)18-8-10)12-5-4-11(16)7-13(12)15/h4-8,14,17H,3H2,1-2H3. The second kappa shape index (κ2) is 5.83. The summed E-state index contributed by atoms with van der Waals surface area (Å²) in [6.45, 7) is 4.94. The maximum absolute atomic E-state index is 13.1. The molecule has 0 aliphatic rings. The molecule has 1 aromatic carbocycles. The molecule has 0 aliphatic carbocycles. The molecule has 18 heavy (non-hydrogen) atoms. The Morgan fingerprint density at radius 2 is 2.17 bits per heavy atom. The minimum atomic E-state index is -0.305. The molecule has 1 nitrogen and oxygen atoms in total. The van der Waals surface area contributed by atoms with Crippen molar-refractivity contribution in [3.63, 3.8) is 0 Å². The number of aryl methyl sites for hydroxylation is 1. The average Bonchev–Trinajstić information content (AvgIpc) is 2.73. The van der Waals surface area contributed by atoms with Gasteiger partial charge in [-0.3, -0.25) is 0 Å². The summed E-state index contributed by atoms with van der Waals surface area (Å²) in [5.41, 5.74) is 2.09. The summed E-state index contributed by atoms with van der Waals surface area (Å²) >= 11 is 7.85. The molecule has 2 aromatic rings. The van der Waals surface area contributed by atoms with Crippen LogP contribution in [0.1, 0.15) is 29.0 Å². The minimum absolute atomic E-state index is 0.0213. The fourth-order valence-corrected chi connectivity index (χ4v) is 2.97. The van der Waals surface area contributed by atoms with Gasteiger partial charge in [0.1, 0.15) is 5.82 Å². The maximum atomic E-state index is 13.1. The molecule has 1 N–H and O–H groups in total. The second-order valence-electron chi connectivity index (χ2n) is 4.15. The molecule has 1 atom stereocenters. The molecule has 0 saturated carbocycles. The highest BCUT2D eigenvalue weighted by molar-refractivity contribution is 7.10. The second-order valence-corrected chi connectivity index (χ2v) is 5.67. The highest BCUT2D eigenvalue weighted by atomic mass is 35.5. The van der Waals surface area contributed by atoms with E-state index in [9.17, 15) is 4.39 Å². The predicted molar refractivity (Wildman–Crippen MR) is 76.0 cm³/mol. The van der Waals surface area contributed by atoms with Gasteiger partial charge in [-0.05, 0) is 48.2 Å².